The van der Waals surface area contributed by atoms with Gasteiger partial charge in [-0.05, 0) is 37.1 Å². The minimum atomic E-state index is 0. The smallest absolute Gasteiger partial charge is 0.115 e. The Morgan fingerprint density at radius 1 is 1.23 bits per heavy atom. The number of rotatable bonds is 1. The van der Waals surface area contributed by atoms with Crippen LogP contribution in [0.1, 0.15) is 24.4 Å². The van der Waals surface area contributed by atoms with Gasteiger partial charge in [-0.25, -0.2) is 0 Å². The third kappa shape index (κ3) is 2.36. The maximum atomic E-state index is 9.08. The summed E-state index contributed by atoms with van der Waals surface area (Å²) in [4.78, 5) is 0. The quantitative estimate of drug-likeness (QED) is 0.727. The molecule has 1 aliphatic rings. The second-order valence-corrected chi connectivity index (χ2v) is 3.24. The molecule has 0 spiro atoms. The summed E-state index contributed by atoms with van der Waals surface area (Å²) in [5.74, 6) is 0.344. The fraction of sp³-hybridized carbons (Fsp3) is 0.400. The van der Waals surface area contributed by atoms with Crippen molar-refractivity contribution in [3.05, 3.63) is 29.8 Å². The molecule has 2 nitrogen and oxygen atoms in total. The van der Waals surface area contributed by atoms with E-state index in [4.69, 9.17) is 5.11 Å². The zero-order valence-corrected chi connectivity index (χ0v) is 8.18. The average Bonchev–Trinajstić information content (AvgIpc) is 2.58. The number of nitrogens with one attached hydrogen (secondary N) is 1. The number of hydrogen-bond acceptors (Lipinski definition) is 2. The number of halogens is 1. The van der Waals surface area contributed by atoms with Gasteiger partial charge in [0.1, 0.15) is 5.75 Å². The Hall–Kier alpha value is -0.730. The lowest BCUT2D eigenvalue weighted by Gasteiger charge is -2.09. The van der Waals surface area contributed by atoms with Crippen LogP contribution in [0.5, 0.6) is 5.75 Å². The van der Waals surface area contributed by atoms with Crippen LogP contribution in [0.25, 0.3) is 0 Å². The predicted octanol–water partition coefficient (Wildman–Crippen LogP) is 2.24. The molecular weight excluding hydrogens is 186 g/mol. The van der Waals surface area contributed by atoms with Crippen LogP contribution in [0.4, 0.5) is 0 Å². The lowest BCUT2D eigenvalue weighted by molar-refractivity contribution is 0.474. The Bertz CT molecular complexity index is 254. The largest absolute Gasteiger partial charge is 0.508 e. The van der Waals surface area contributed by atoms with Crippen molar-refractivity contribution in [2.24, 2.45) is 0 Å². The molecule has 1 aromatic carbocycles. The van der Waals surface area contributed by atoms with Crippen LogP contribution in [0.3, 0.4) is 0 Å². The summed E-state index contributed by atoms with van der Waals surface area (Å²) in [5.41, 5.74) is 1.28. The fourth-order valence-electron chi connectivity index (χ4n) is 1.68. The highest BCUT2D eigenvalue weighted by Gasteiger charge is 2.15. The van der Waals surface area contributed by atoms with Gasteiger partial charge in [-0.2, -0.15) is 0 Å². The van der Waals surface area contributed by atoms with Gasteiger partial charge in [-0.15, -0.1) is 12.4 Å². The molecule has 0 bridgehead atoms. The molecule has 2 rings (SSSR count). The van der Waals surface area contributed by atoms with E-state index >= 15 is 0 Å². The van der Waals surface area contributed by atoms with Gasteiger partial charge in [0.05, 0.1) is 0 Å². The van der Waals surface area contributed by atoms with E-state index in [1.165, 1.54) is 18.4 Å². The van der Waals surface area contributed by atoms with Gasteiger partial charge in [0, 0.05) is 6.04 Å². The molecule has 0 aromatic heterocycles. The second kappa shape index (κ2) is 4.49. The molecule has 0 aliphatic carbocycles. The molecule has 1 heterocycles. The third-order valence-electron chi connectivity index (χ3n) is 2.36. The SMILES string of the molecule is Cl.Oc1ccc([C@@H]2CCCN2)cc1. The van der Waals surface area contributed by atoms with Gasteiger partial charge in [-0.1, -0.05) is 12.1 Å². The highest BCUT2D eigenvalue weighted by atomic mass is 35.5. The lowest BCUT2D eigenvalue weighted by Crippen LogP contribution is -2.12. The molecule has 1 atom stereocenters. The van der Waals surface area contributed by atoms with Crippen LogP contribution in [0.15, 0.2) is 24.3 Å². The molecule has 72 valence electrons. The van der Waals surface area contributed by atoms with E-state index in [-0.39, 0.29) is 12.4 Å². The summed E-state index contributed by atoms with van der Waals surface area (Å²) in [5, 5.41) is 12.5. The maximum Gasteiger partial charge on any atom is 0.115 e. The minimum Gasteiger partial charge on any atom is -0.508 e. The maximum absolute atomic E-state index is 9.08. The molecule has 13 heavy (non-hydrogen) atoms. The number of aromatic hydroxyl groups is 1. The van der Waals surface area contributed by atoms with E-state index < -0.39 is 0 Å². The lowest BCUT2D eigenvalue weighted by atomic mass is 10.1. The summed E-state index contributed by atoms with van der Waals surface area (Å²) in [6.45, 7) is 1.12. The summed E-state index contributed by atoms with van der Waals surface area (Å²) in [7, 11) is 0. The van der Waals surface area contributed by atoms with E-state index in [1.54, 1.807) is 12.1 Å². The fourth-order valence-corrected chi connectivity index (χ4v) is 1.68. The Morgan fingerprint density at radius 3 is 2.46 bits per heavy atom. The monoisotopic (exact) mass is 199 g/mol. The van der Waals surface area contributed by atoms with Crippen LogP contribution in [-0.2, 0) is 0 Å². The van der Waals surface area contributed by atoms with E-state index in [0.717, 1.165) is 6.54 Å². The van der Waals surface area contributed by atoms with Gasteiger partial charge in [0.2, 0.25) is 0 Å². The predicted molar refractivity (Wildman–Crippen MR) is 55.3 cm³/mol. The number of phenols is 1. The highest BCUT2D eigenvalue weighted by Crippen LogP contribution is 2.23. The van der Waals surface area contributed by atoms with Crippen molar-refractivity contribution < 1.29 is 5.11 Å². The molecule has 1 aromatic rings. The van der Waals surface area contributed by atoms with Crippen molar-refractivity contribution in [3.63, 3.8) is 0 Å². The average molecular weight is 200 g/mol. The molecule has 0 amide bonds. The molecule has 1 fully saturated rings. The molecule has 1 aliphatic heterocycles. The van der Waals surface area contributed by atoms with E-state index in [9.17, 15) is 0 Å². The van der Waals surface area contributed by atoms with Crippen molar-refractivity contribution in [1.82, 2.24) is 5.32 Å². The van der Waals surface area contributed by atoms with Crippen molar-refractivity contribution in [2.75, 3.05) is 6.54 Å². The van der Waals surface area contributed by atoms with Crippen molar-refractivity contribution >= 4 is 12.4 Å². The third-order valence-corrected chi connectivity index (χ3v) is 2.36. The Balaban J connectivity index is 0.000000845. The first kappa shape index (κ1) is 10.4. The van der Waals surface area contributed by atoms with Crippen LogP contribution in [0, 0.1) is 0 Å². The number of phenolic OH excluding ortho intramolecular Hbond substituents is 1. The number of benzene rings is 1. The molecule has 0 unspecified atom stereocenters. The topological polar surface area (TPSA) is 32.3 Å². The van der Waals surface area contributed by atoms with Gasteiger partial charge >= 0.3 is 0 Å². The van der Waals surface area contributed by atoms with Crippen LogP contribution < -0.4 is 5.32 Å². The normalized spacial score (nSPS) is 21.1. The second-order valence-electron chi connectivity index (χ2n) is 3.24. The van der Waals surface area contributed by atoms with E-state index in [2.05, 4.69) is 5.32 Å². The first-order valence-corrected chi connectivity index (χ1v) is 4.38. The Kier molecular flexibility index (Phi) is 3.58. The summed E-state index contributed by atoms with van der Waals surface area (Å²) >= 11 is 0. The number of hydrogen-bond donors (Lipinski definition) is 2. The first-order chi connectivity index (χ1) is 5.86. The van der Waals surface area contributed by atoms with Gasteiger partial charge < -0.3 is 10.4 Å². The van der Waals surface area contributed by atoms with Gasteiger partial charge in [0.15, 0.2) is 0 Å². The highest BCUT2D eigenvalue weighted by molar-refractivity contribution is 5.85. The van der Waals surface area contributed by atoms with Crippen LogP contribution in [0.2, 0.25) is 0 Å². The molecule has 0 saturated carbocycles. The van der Waals surface area contributed by atoms with Crippen molar-refractivity contribution in [2.45, 2.75) is 18.9 Å². The molecule has 0 radical (unpaired) electrons. The van der Waals surface area contributed by atoms with Crippen molar-refractivity contribution in [3.8, 4) is 5.75 Å². The minimum absolute atomic E-state index is 0. The van der Waals surface area contributed by atoms with Gasteiger partial charge in [-0.3, -0.25) is 0 Å². The van der Waals surface area contributed by atoms with E-state index in [1.807, 2.05) is 12.1 Å². The van der Waals surface area contributed by atoms with Gasteiger partial charge in [0.25, 0.3) is 0 Å². The Morgan fingerprint density at radius 2 is 1.92 bits per heavy atom. The Labute approximate surface area is 84.4 Å². The zero-order chi connectivity index (χ0) is 8.39. The molecule has 1 saturated heterocycles. The molecule has 2 N–H and O–H groups in total. The van der Waals surface area contributed by atoms with Crippen LogP contribution >= 0.6 is 12.4 Å². The van der Waals surface area contributed by atoms with Crippen molar-refractivity contribution in [1.29, 1.82) is 0 Å². The van der Waals surface area contributed by atoms with Crippen LogP contribution in [-0.4, -0.2) is 11.7 Å². The standard InChI is InChI=1S/C10H13NO.ClH/c12-9-5-3-8(4-6-9)10-2-1-7-11-10;/h3-6,10-12H,1-2,7H2;1H/t10-;/m0./s1. The first-order valence-electron chi connectivity index (χ1n) is 4.38. The van der Waals surface area contributed by atoms with E-state index in [0.29, 0.717) is 11.8 Å². The zero-order valence-electron chi connectivity index (χ0n) is 7.36. The molecule has 3 heteroatoms. The summed E-state index contributed by atoms with van der Waals surface area (Å²) < 4.78 is 0. The molecular formula is C10H14ClNO. The summed E-state index contributed by atoms with van der Waals surface area (Å²) in [6.07, 6.45) is 2.47. The summed E-state index contributed by atoms with van der Waals surface area (Å²) in [6, 6.07) is 7.96.